The van der Waals surface area contributed by atoms with E-state index in [1.54, 1.807) is 29.5 Å². The average molecular weight is 455 g/mol. The van der Waals surface area contributed by atoms with Gasteiger partial charge in [0.2, 0.25) is 0 Å². The Bertz CT molecular complexity index is 1420. The maximum absolute atomic E-state index is 13.0. The number of nitro benzene ring substituents is 1. The molecule has 3 heterocycles. The summed E-state index contributed by atoms with van der Waals surface area (Å²) < 4.78 is 6.93. The van der Waals surface area contributed by atoms with Gasteiger partial charge in [-0.3, -0.25) is 14.9 Å². The van der Waals surface area contributed by atoms with E-state index in [2.05, 4.69) is 10.1 Å². The van der Waals surface area contributed by atoms with Gasteiger partial charge < -0.3 is 4.42 Å². The monoisotopic (exact) mass is 454 g/mol. The Labute approximate surface area is 184 Å². The number of halogens is 1. The molecule has 31 heavy (non-hydrogen) atoms. The smallest absolute Gasteiger partial charge is 0.288 e. The van der Waals surface area contributed by atoms with Crippen LogP contribution in [0.25, 0.3) is 21.5 Å². The summed E-state index contributed by atoms with van der Waals surface area (Å²) in [6.07, 6.45) is 6.95. The fourth-order valence-electron chi connectivity index (χ4n) is 3.72. The van der Waals surface area contributed by atoms with Crippen LogP contribution in [0.5, 0.6) is 0 Å². The third-order valence-electron chi connectivity index (χ3n) is 5.22. The molecule has 1 aliphatic rings. The molecule has 0 bridgehead atoms. The second-order valence-electron chi connectivity index (χ2n) is 7.16. The van der Waals surface area contributed by atoms with Gasteiger partial charge in [-0.05, 0) is 55.5 Å². The Morgan fingerprint density at radius 3 is 2.94 bits per heavy atom. The van der Waals surface area contributed by atoms with Crippen molar-refractivity contribution in [3.05, 3.63) is 78.4 Å². The molecule has 0 saturated carbocycles. The Balaban J connectivity index is 1.46. The summed E-state index contributed by atoms with van der Waals surface area (Å²) >= 11 is 7.45. The fraction of sp³-hybridized carbons (Fsp3) is 0.190. The quantitative estimate of drug-likeness (QED) is 0.244. The van der Waals surface area contributed by atoms with E-state index in [9.17, 15) is 14.9 Å². The zero-order valence-electron chi connectivity index (χ0n) is 16.1. The third kappa shape index (κ3) is 3.55. The molecule has 0 atom stereocenters. The van der Waals surface area contributed by atoms with Crippen molar-refractivity contribution < 1.29 is 9.34 Å². The number of rotatable bonds is 4. The summed E-state index contributed by atoms with van der Waals surface area (Å²) in [7, 11) is 0. The maximum atomic E-state index is 13.0. The Kier molecular flexibility index (Phi) is 4.91. The second kappa shape index (κ2) is 7.75. The molecule has 3 aromatic heterocycles. The minimum Gasteiger partial charge on any atom is -0.455 e. The van der Waals surface area contributed by atoms with Crippen molar-refractivity contribution in [3.8, 4) is 11.3 Å². The number of aromatic nitrogens is 2. The van der Waals surface area contributed by atoms with Crippen LogP contribution in [0.4, 0.5) is 5.69 Å². The van der Waals surface area contributed by atoms with Crippen LogP contribution in [-0.2, 0) is 12.8 Å². The second-order valence-corrected chi connectivity index (χ2v) is 8.65. The van der Waals surface area contributed by atoms with Crippen LogP contribution in [0.3, 0.4) is 0 Å². The highest BCUT2D eigenvalue weighted by Crippen LogP contribution is 2.33. The molecule has 0 N–H and O–H groups in total. The van der Waals surface area contributed by atoms with Crippen molar-refractivity contribution >= 4 is 45.1 Å². The van der Waals surface area contributed by atoms with Crippen LogP contribution in [0.2, 0.25) is 5.02 Å². The minimum absolute atomic E-state index is 0.0555. The molecule has 8 nitrogen and oxygen atoms in total. The first-order valence-electron chi connectivity index (χ1n) is 9.61. The molecule has 0 fully saturated rings. The maximum Gasteiger partial charge on any atom is 0.288 e. The molecule has 0 spiro atoms. The first-order valence-corrected chi connectivity index (χ1v) is 10.8. The van der Waals surface area contributed by atoms with Gasteiger partial charge in [-0.2, -0.15) is 9.78 Å². The van der Waals surface area contributed by atoms with E-state index in [0.717, 1.165) is 36.1 Å². The van der Waals surface area contributed by atoms with Gasteiger partial charge in [0.25, 0.3) is 11.2 Å². The van der Waals surface area contributed by atoms with Gasteiger partial charge in [0.05, 0.1) is 16.5 Å². The molecule has 5 rings (SSSR count). The molecular formula is C21H15ClN4O4S. The standard InChI is InChI=1S/C21H15ClN4O4S/c22-15-7-5-12(9-16(15)26(28)29)17-8-6-13(30-17)10-24-25-11-23-20-19(21(25)27)14-3-1-2-4-18(14)31-20/h5-11H,1-4H2/b24-10-. The molecule has 156 valence electrons. The van der Waals surface area contributed by atoms with E-state index in [1.165, 1.54) is 34.2 Å². The van der Waals surface area contributed by atoms with Crippen LogP contribution in [-0.4, -0.2) is 20.8 Å². The molecule has 0 unspecified atom stereocenters. The number of hydrogen-bond donors (Lipinski definition) is 0. The molecule has 0 aliphatic heterocycles. The van der Waals surface area contributed by atoms with Crippen LogP contribution in [0.1, 0.15) is 29.0 Å². The lowest BCUT2D eigenvalue weighted by Gasteiger charge is -2.09. The number of thiophene rings is 1. The van der Waals surface area contributed by atoms with E-state index >= 15 is 0 Å². The van der Waals surface area contributed by atoms with Crippen molar-refractivity contribution in [1.82, 2.24) is 9.66 Å². The number of hydrogen-bond acceptors (Lipinski definition) is 7. The number of fused-ring (bicyclic) bond motifs is 3. The average Bonchev–Trinajstić information content (AvgIpc) is 3.38. The zero-order valence-corrected chi connectivity index (χ0v) is 17.7. The van der Waals surface area contributed by atoms with Gasteiger partial charge in [-0.1, -0.05) is 11.6 Å². The summed E-state index contributed by atoms with van der Waals surface area (Å²) in [5.74, 6) is 0.820. The lowest BCUT2D eigenvalue weighted by Crippen LogP contribution is -2.17. The first kappa shape index (κ1) is 19.7. The summed E-state index contributed by atoms with van der Waals surface area (Å²) in [5, 5.41) is 16.0. The summed E-state index contributed by atoms with van der Waals surface area (Å²) in [5.41, 5.74) is 1.23. The van der Waals surface area contributed by atoms with E-state index in [0.29, 0.717) is 22.5 Å². The molecule has 4 aromatic rings. The van der Waals surface area contributed by atoms with E-state index in [-0.39, 0.29) is 16.3 Å². The highest BCUT2D eigenvalue weighted by atomic mass is 35.5. The number of aryl methyl sites for hydroxylation is 2. The highest BCUT2D eigenvalue weighted by Gasteiger charge is 2.20. The van der Waals surface area contributed by atoms with Crippen LogP contribution in [0, 0.1) is 10.1 Å². The van der Waals surface area contributed by atoms with Gasteiger partial charge in [-0.25, -0.2) is 4.98 Å². The van der Waals surface area contributed by atoms with Gasteiger partial charge >= 0.3 is 0 Å². The molecule has 0 radical (unpaired) electrons. The van der Waals surface area contributed by atoms with Gasteiger partial charge in [0.1, 0.15) is 27.7 Å². The summed E-state index contributed by atoms with van der Waals surface area (Å²) in [6, 6.07) is 7.78. The molecular weight excluding hydrogens is 440 g/mol. The fourth-order valence-corrected chi connectivity index (χ4v) is 5.13. The van der Waals surface area contributed by atoms with Crippen molar-refractivity contribution in [2.75, 3.05) is 0 Å². The normalized spacial score (nSPS) is 13.7. The number of nitro groups is 1. The van der Waals surface area contributed by atoms with Gasteiger partial charge in [-0.15, -0.1) is 11.3 Å². The molecule has 10 heteroatoms. The lowest BCUT2D eigenvalue weighted by molar-refractivity contribution is -0.384. The van der Waals surface area contributed by atoms with Gasteiger partial charge in [0, 0.05) is 16.5 Å². The molecule has 1 aromatic carbocycles. The van der Waals surface area contributed by atoms with Crippen molar-refractivity contribution in [1.29, 1.82) is 0 Å². The van der Waals surface area contributed by atoms with Crippen molar-refractivity contribution in [2.45, 2.75) is 25.7 Å². The summed E-state index contributed by atoms with van der Waals surface area (Å²) in [4.78, 5) is 29.9. The SMILES string of the molecule is O=c1c2c3c(sc2ncn1/N=C\c1ccc(-c2ccc(Cl)c([N+](=O)[O-])c2)o1)CCCC3. The predicted molar refractivity (Wildman–Crippen MR) is 119 cm³/mol. The van der Waals surface area contributed by atoms with E-state index in [4.69, 9.17) is 16.0 Å². The van der Waals surface area contributed by atoms with E-state index < -0.39 is 4.92 Å². The minimum atomic E-state index is -0.546. The zero-order chi connectivity index (χ0) is 21.5. The van der Waals surface area contributed by atoms with Crippen LogP contribution < -0.4 is 5.56 Å². The Hall–Kier alpha value is -3.30. The lowest BCUT2D eigenvalue weighted by atomic mass is 9.97. The van der Waals surface area contributed by atoms with Crippen molar-refractivity contribution in [2.24, 2.45) is 5.10 Å². The predicted octanol–water partition coefficient (Wildman–Crippen LogP) is 5.04. The number of nitrogens with zero attached hydrogens (tertiary/aromatic N) is 4. The topological polar surface area (TPSA) is 104 Å². The third-order valence-corrected chi connectivity index (χ3v) is 6.74. The largest absolute Gasteiger partial charge is 0.455 e. The molecule has 0 amide bonds. The Morgan fingerprint density at radius 2 is 2.10 bits per heavy atom. The highest BCUT2D eigenvalue weighted by molar-refractivity contribution is 7.18. The van der Waals surface area contributed by atoms with Crippen molar-refractivity contribution in [3.63, 3.8) is 0 Å². The number of benzene rings is 1. The van der Waals surface area contributed by atoms with Crippen LogP contribution in [0.15, 0.2) is 51.0 Å². The summed E-state index contributed by atoms with van der Waals surface area (Å²) in [6.45, 7) is 0. The van der Waals surface area contributed by atoms with Gasteiger partial charge in [0.15, 0.2) is 0 Å². The molecule has 0 saturated heterocycles. The first-order chi connectivity index (χ1) is 15.0. The molecule has 1 aliphatic carbocycles. The number of furan rings is 1. The Morgan fingerprint density at radius 1 is 1.26 bits per heavy atom. The van der Waals surface area contributed by atoms with Crippen LogP contribution >= 0.6 is 22.9 Å². The van der Waals surface area contributed by atoms with E-state index in [1.807, 2.05) is 0 Å².